The molecule has 2 aromatic heterocycles. The lowest BCUT2D eigenvalue weighted by Gasteiger charge is -2.24. The van der Waals surface area contributed by atoms with Gasteiger partial charge in [-0.1, -0.05) is 24.3 Å². The van der Waals surface area contributed by atoms with Crippen LogP contribution < -0.4 is 15.2 Å². The molecule has 0 spiro atoms. The number of methoxy groups -OCH3 is 2. The first-order valence-corrected chi connectivity index (χ1v) is 13.1. The van der Waals surface area contributed by atoms with Crippen molar-refractivity contribution < 1.29 is 14.3 Å². The highest BCUT2D eigenvalue weighted by molar-refractivity contribution is 5.92. The molecule has 1 atom stereocenters. The molecule has 4 heterocycles. The number of fused-ring (bicyclic) bond motifs is 1. The number of hydrogen-bond acceptors (Lipinski definition) is 7. The summed E-state index contributed by atoms with van der Waals surface area (Å²) in [5, 5.41) is 0.723. The van der Waals surface area contributed by atoms with Crippen molar-refractivity contribution in [1.29, 1.82) is 0 Å². The summed E-state index contributed by atoms with van der Waals surface area (Å²) < 4.78 is 12.8. The Morgan fingerprint density at radius 1 is 1.08 bits per heavy atom. The van der Waals surface area contributed by atoms with E-state index in [1.54, 1.807) is 26.4 Å². The number of anilines is 1. The minimum atomic E-state index is 0.0575. The van der Waals surface area contributed by atoms with Gasteiger partial charge in [0.05, 0.1) is 31.2 Å². The third-order valence-corrected chi connectivity index (χ3v) is 7.27. The number of aromatic nitrogens is 3. The summed E-state index contributed by atoms with van der Waals surface area (Å²) in [4.78, 5) is 25.9. The van der Waals surface area contributed by atoms with E-state index in [2.05, 4.69) is 31.3 Å². The van der Waals surface area contributed by atoms with E-state index in [9.17, 15) is 4.79 Å². The number of hydrogen-bond donors (Lipinski definition) is 1. The van der Waals surface area contributed by atoms with Crippen molar-refractivity contribution in [1.82, 2.24) is 24.3 Å². The van der Waals surface area contributed by atoms with Crippen molar-refractivity contribution in [3.05, 3.63) is 54.0 Å². The molecule has 2 N–H and O–H groups in total. The van der Waals surface area contributed by atoms with Crippen molar-refractivity contribution in [3.63, 3.8) is 0 Å². The molecule has 1 unspecified atom stereocenters. The highest BCUT2D eigenvalue weighted by atomic mass is 16.5. The fourth-order valence-corrected chi connectivity index (χ4v) is 5.22. The number of carbonyl (C=O) groups excluding carboxylic acids is 1. The van der Waals surface area contributed by atoms with Crippen LogP contribution in [-0.2, 0) is 4.79 Å². The summed E-state index contributed by atoms with van der Waals surface area (Å²) in [7, 11) is 3.22. The van der Waals surface area contributed by atoms with E-state index in [-0.39, 0.29) is 11.9 Å². The maximum atomic E-state index is 12.9. The van der Waals surface area contributed by atoms with Crippen LogP contribution in [0, 0.1) is 11.8 Å². The summed E-state index contributed by atoms with van der Waals surface area (Å²) in [5.41, 5.74) is 8.50. The van der Waals surface area contributed by atoms with E-state index in [1.807, 2.05) is 29.3 Å². The second kappa shape index (κ2) is 11.6. The van der Waals surface area contributed by atoms with Crippen LogP contribution in [-0.4, -0.2) is 77.2 Å². The Labute approximate surface area is 223 Å². The standard InChI is InChI=1S/C29H34N6O3/c1-37-24-15-21(16-25(17-24)38-2)8-9-22-18-35(29-27(22)28(30)31-20-32-29)23-10-14-34(19-23)26(36)7-6-13-33-11-4-3-5-12-33/h6-7,15-18,20,23H,3-5,10-14,19H2,1-2H3,(H2,30,31,32)/b7-6+. The van der Waals surface area contributed by atoms with E-state index in [4.69, 9.17) is 15.2 Å². The van der Waals surface area contributed by atoms with Gasteiger partial charge in [-0.3, -0.25) is 9.69 Å². The highest BCUT2D eigenvalue weighted by Gasteiger charge is 2.28. The van der Waals surface area contributed by atoms with E-state index in [1.165, 1.54) is 25.6 Å². The molecule has 5 rings (SSSR count). The number of rotatable bonds is 6. The summed E-state index contributed by atoms with van der Waals surface area (Å²) >= 11 is 0. The Bertz CT molecular complexity index is 1370. The first kappa shape index (κ1) is 25.6. The van der Waals surface area contributed by atoms with Crippen LogP contribution in [0.5, 0.6) is 11.5 Å². The van der Waals surface area contributed by atoms with Crippen LogP contribution in [0.15, 0.2) is 42.9 Å². The van der Waals surface area contributed by atoms with E-state index < -0.39 is 0 Å². The number of nitrogen functional groups attached to an aromatic ring is 1. The molecule has 0 aliphatic carbocycles. The van der Waals surface area contributed by atoms with Crippen LogP contribution in [0.1, 0.15) is 42.9 Å². The lowest BCUT2D eigenvalue weighted by atomic mass is 10.1. The van der Waals surface area contributed by atoms with Gasteiger partial charge in [0.1, 0.15) is 29.3 Å². The van der Waals surface area contributed by atoms with E-state index >= 15 is 0 Å². The second-order valence-electron chi connectivity index (χ2n) is 9.75. The Balaban J connectivity index is 1.35. The minimum absolute atomic E-state index is 0.0575. The molecule has 3 aromatic rings. The lowest BCUT2D eigenvalue weighted by Crippen LogP contribution is -2.30. The van der Waals surface area contributed by atoms with Crippen molar-refractivity contribution in [2.45, 2.75) is 31.7 Å². The monoisotopic (exact) mass is 514 g/mol. The molecular weight excluding hydrogens is 480 g/mol. The predicted molar refractivity (Wildman–Crippen MR) is 147 cm³/mol. The van der Waals surface area contributed by atoms with E-state index in [0.717, 1.165) is 48.2 Å². The Kier molecular flexibility index (Phi) is 7.80. The molecule has 0 radical (unpaired) electrons. The lowest BCUT2D eigenvalue weighted by molar-refractivity contribution is -0.125. The number of piperidine rings is 1. The first-order valence-electron chi connectivity index (χ1n) is 13.1. The molecule has 1 amide bonds. The number of nitrogens with two attached hydrogens (primary N) is 1. The average molecular weight is 515 g/mol. The molecule has 9 heteroatoms. The highest BCUT2D eigenvalue weighted by Crippen LogP contribution is 2.31. The van der Waals surface area contributed by atoms with Crippen LogP contribution in [0.3, 0.4) is 0 Å². The molecule has 0 bridgehead atoms. The number of amides is 1. The largest absolute Gasteiger partial charge is 0.497 e. The van der Waals surface area contributed by atoms with Gasteiger partial charge in [-0.2, -0.15) is 0 Å². The van der Waals surface area contributed by atoms with Crippen LogP contribution >= 0.6 is 0 Å². The van der Waals surface area contributed by atoms with Crippen molar-refractivity contribution in [2.75, 3.05) is 52.7 Å². The van der Waals surface area contributed by atoms with Gasteiger partial charge in [0.15, 0.2) is 0 Å². The van der Waals surface area contributed by atoms with Gasteiger partial charge >= 0.3 is 0 Å². The number of nitrogens with zero attached hydrogens (tertiary/aromatic N) is 5. The zero-order valence-corrected chi connectivity index (χ0v) is 22.0. The Morgan fingerprint density at radius 3 is 2.58 bits per heavy atom. The molecule has 0 saturated carbocycles. The van der Waals surface area contributed by atoms with Crippen LogP contribution in [0.4, 0.5) is 5.82 Å². The summed E-state index contributed by atoms with van der Waals surface area (Å²) in [5.74, 6) is 8.22. The fourth-order valence-electron chi connectivity index (χ4n) is 5.22. The van der Waals surface area contributed by atoms with Gasteiger partial charge in [0.2, 0.25) is 5.91 Å². The topological polar surface area (TPSA) is 98.7 Å². The number of ether oxygens (including phenoxy) is 2. The third kappa shape index (κ3) is 5.60. The molecule has 1 aromatic carbocycles. The SMILES string of the molecule is COc1cc(C#Cc2cn(C3CCN(C(=O)/C=C/CN4CCCCC4)C3)c3ncnc(N)c23)cc(OC)c1. The van der Waals surface area contributed by atoms with Gasteiger partial charge in [0, 0.05) is 43.5 Å². The fraction of sp³-hybridized carbons (Fsp3) is 0.414. The molecule has 2 fully saturated rings. The Morgan fingerprint density at radius 2 is 1.84 bits per heavy atom. The van der Waals surface area contributed by atoms with Gasteiger partial charge < -0.3 is 24.7 Å². The zero-order chi connectivity index (χ0) is 26.5. The third-order valence-electron chi connectivity index (χ3n) is 7.27. The first-order chi connectivity index (χ1) is 18.6. The molecular formula is C29H34N6O3. The average Bonchev–Trinajstić information content (AvgIpc) is 3.58. The predicted octanol–water partition coefficient (Wildman–Crippen LogP) is 3.25. The molecule has 198 valence electrons. The van der Waals surface area contributed by atoms with Crippen LogP contribution in [0.2, 0.25) is 0 Å². The van der Waals surface area contributed by atoms with Crippen LogP contribution in [0.25, 0.3) is 11.0 Å². The minimum Gasteiger partial charge on any atom is -0.497 e. The van der Waals surface area contributed by atoms with Gasteiger partial charge in [-0.25, -0.2) is 9.97 Å². The number of carbonyl (C=O) groups is 1. The van der Waals surface area contributed by atoms with Crippen molar-refractivity contribution >= 4 is 22.8 Å². The normalized spacial score (nSPS) is 18.1. The quantitative estimate of drug-likeness (QED) is 0.398. The number of benzene rings is 1. The Hall–Kier alpha value is -4.03. The molecule has 2 saturated heterocycles. The molecule has 2 aliphatic heterocycles. The zero-order valence-electron chi connectivity index (χ0n) is 22.0. The van der Waals surface area contributed by atoms with Gasteiger partial charge in [-0.05, 0) is 44.5 Å². The van der Waals surface area contributed by atoms with Gasteiger partial charge in [-0.15, -0.1) is 0 Å². The maximum Gasteiger partial charge on any atom is 0.246 e. The smallest absolute Gasteiger partial charge is 0.246 e. The molecule has 9 nitrogen and oxygen atoms in total. The van der Waals surface area contributed by atoms with Gasteiger partial charge in [0.25, 0.3) is 0 Å². The molecule has 38 heavy (non-hydrogen) atoms. The molecule has 2 aliphatic rings. The summed E-state index contributed by atoms with van der Waals surface area (Å²) in [6.45, 7) is 4.38. The number of likely N-dealkylation sites (tertiary alicyclic amines) is 2. The maximum absolute atomic E-state index is 12.9. The van der Waals surface area contributed by atoms with Crippen molar-refractivity contribution in [2.24, 2.45) is 0 Å². The second-order valence-corrected chi connectivity index (χ2v) is 9.75. The van der Waals surface area contributed by atoms with E-state index in [0.29, 0.717) is 30.4 Å². The summed E-state index contributed by atoms with van der Waals surface area (Å²) in [6.07, 6.45) is 11.8. The summed E-state index contributed by atoms with van der Waals surface area (Å²) in [6, 6.07) is 5.60. The van der Waals surface area contributed by atoms with Crippen molar-refractivity contribution in [3.8, 4) is 23.3 Å².